The van der Waals surface area contributed by atoms with E-state index in [9.17, 15) is 13.2 Å². The predicted octanol–water partition coefficient (Wildman–Crippen LogP) is 0.476. The first kappa shape index (κ1) is 21.1. The molecule has 0 bridgehead atoms. The van der Waals surface area contributed by atoms with Crippen LogP contribution in [0.4, 0.5) is 0 Å². The van der Waals surface area contributed by atoms with E-state index in [0.717, 1.165) is 43.7 Å². The smallest absolute Gasteiger partial charge is 0.226 e. The largest absolute Gasteiger partial charge is 0.350 e. The Labute approximate surface area is 161 Å². The van der Waals surface area contributed by atoms with Crippen LogP contribution in [0.2, 0.25) is 0 Å². The highest BCUT2D eigenvalue weighted by Crippen LogP contribution is 2.28. The summed E-state index contributed by atoms with van der Waals surface area (Å²) < 4.78 is 27.0. The standard InChI is InChI=1S/C16H27N5O3S.ClH/c1-16(4-6-17-7-5-16)15(22)18-11-13-10-14-12-20(25(2,23)24)8-3-9-21(14)19-13;/h10,17H,3-9,11-12H2,1-2H3,(H,18,22);1H. The monoisotopic (exact) mass is 405 g/mol. The second-order valence-corrected chi connectivity index (χ2v) is 9.28. The van der Waals surface area contributed by atoms with Crippen molar-refractivity contribution in [3.8, 4) is 0 Å². The molecule has 2 N–H and O–H groups in total. The molecule has 148 valence electrons. The Bertz CT molecular complexity index is 743. The van der Waals surface area contributed by atoms with Crippen molar-refractivity contribution in [1.29, 1.82) is 0 Å². The van der Waals surface area contributed by atoms with Gasteiger partial charge >= 0.3 is 0 Å². The summed E-state index contributed by atoms with van der Waals surface area (Å²) >= 11 is 0. The summed E-state index contributed by atoms with van der Waals surface area (Å²) in [6, 6.07) is 1.90. The highest BCUT2D eigenvalue weighted by molar-refractivity contribution is 7.88. The number of rotatable bonds is 4. The number of amides is 1. The van der Waals surface area contributed by atoms with Gasteiger partial charge in [0, 0.05) is 18.5 Å². The zero-order chi connectivity index (χ0) is 18.1. The minimum atomic E-state index is -3.21. The number of aryl methyl sites for hydroxylation is 1. The summed E-state index contributed by atoms with van der Waals surface area (Å²) in [5.74, 6) is 0.0648. The molecule has 3 heterocycles. The molecular formula is C16H28ClN5O3S. The van der Waals surface area contributed by atoms with Crippen LogP contribution in [0.15, 0.2) is 6.07 Å². The summed E-state index contributed by atoms with van der Waals surface area (Å²) in [5, 5.41) is 10.8. The average molecular weight is 406 g/mol. The maximum Gasteiger partial charge on any atom is 0.226 e. The molecule has 0 unspecified atom stereocenters. The Kier molecular flexibility index (Phi) is 6.70. The van der Waals surface area contributed by atoms with Crippen molar-refractivity contribution in [1.82, 2.24) is 24.7 Å². The minimum Gasteiger partial charge on any atom is -0.350 e. The third-order valence-electron chi connectivity index (χ3n) is 5.18. The van der Waals surface area contributed by atoms with Crippen molar-refractivity contribution in [2.75, 3.05) is 25.9 Å². The molecular weight excluding hydrogens is 378 g/mol. The Morgan fingerprint density at radius 2 is 2.04 bits per heavy atom. The van der Waals surface area contributed by atoms with Crippen LogP contribution in [0, 0.1) is 5.41 Å². The van der Waals surface area contributed by atoms with Gasteiger partial charge in [-0.1, -0.05) is 6.92 Å². The number of sulfonamides is 1. The number of aromatic nitrogens is 2. The maximum atomic E-state index is 12.5. The maximum absolute atomic E-state index is 12.5. The van der Waals surface area contributed by atoms with Gasteiger partial charge in [-0.15, -0.1) is 12.4 Å². The molecule has 0 aromatic carbocycles. The average Bonchev–Trinajstić information content (AvgIpc) is 2.82. The number of carbonyl (C=O) groups is 1. The lowest BCUT2D eigenvalue weighted by atomic mass is 9.80. The molecule has 1 aromatic heterocycles. The molecule has 2 aliphatic rings. The molecule has 1 amide bonds. The molecule has 0 atom stereocenters. The molecule has 0 radical (unpaired) electrons. The van der Waals surface area contributed by atoms with Crippen LogP contribution in [0.25, 0.3) is 0 Å². The highest BCUT2D eigenvalue weighted by atomic mass is 35.5. The normalized spacial score (nSPS) is 20.5. The molecule has 8 nitrogen and oxygen atoms in total. The van der Waals surface area contributed by atoms with Crippen LogP contribution < -0.4 is 10.6 Å². The lowest BCUT2D eigenvalue weighted by Crippen LogP contribution is -2.45. The van der Waals surface area contributed by atoms with E-state index < -0.39 is 10.0 Å². The van der Waals surface area contributed by atoms with Gasteiger partial charge in [-0.25, -0.2) is 8.42 Å². The van der Waals surface area contributed by atoms with Crippen LogP contribution in [0.1, 0.15) is 37.6 Å². The molecule has 26 heavy (non-hydrogen) atoms. The molecule has 2 aliphatic heterocycles. The number of fused-ring (bicyclic) bond motifs is 1. The third kappa shape index (κ3) is 4.76. The summed E-state index contributed by atoms with van der Waals surface area (Å²) in [4.78, 5) is 12.5. The number of nitrogens with one attached hydrogen (secondary N) is 2. The highest BCUT2D eigenvalue weighted by Gasteiger charge is 2.34. The zero-order valence-corrected chi connectivity index (χ0v) is 17.0. The van der Waals surface area contributed by atoms with Gasteiger partial charge in [0.2, 0.25) is 15.9 Å². The van der Waals surface area contributed by atoms with E-state index in [-0.39, 0.29) is 23.7 Å². The van der Waals surface area contributed by atoms with Crippen molar-refractivity contribution in [3.05, 3.63) is 17.5 Å². The van der Waals surface area contributed by atoms with Gasteiger partial charge in [0.25, 0.3) is 0 Å². The molecule has 3 rings (SSSR count). The lowest BCUT2D eigenvalue weighted by molar-refractivity contribution is -0.131. The molecule has 0 aliphatic carbocycles. The van der Waals surface area contributed by atoms with E-state index in [0.29, 0.717) is 26.2 Å². The Morgan fingerprint density at radius 1 is 1.35 bits per heavy atom. The van der Waals surface area contributed by atoms with Crippen LogP contribution in [0.3, 0.4) is 0 Å². The topological polar surface area (TPSA) is 96.3 Å². The fourth-order valence-electron chi connectivity index (χ4n) is 3.45. The van der Waals surface area contributed by atoms with E-state index >= 15 is 0 Å². The minimum absolute atomic E-state index is 0. The van der Waals surface area contributed by atoms with Crippen LogP contribution in [0.5, 0.6) is 0 Å². The second kappa shape index (κ2) is 8.24. The summed E-state index contributed by atoms with van der Waals surface area (Å²) in [5.41, 5.74) is 1.33. The van der Waals surface area contributed by atoms with Crippen molar-refractivity contribution in [2.45, 2.75) is 45.8 Å². The number of carbonyl (C=O) groups excluding carboxylic acids is 1. The zero-order valence-electron chi connectivity index (χ0n) is 15.3. The van der Waals surface area contributed by atoms with Crippen molar-refractivity contribution in [2.24, 2.45) is 5.41 Å². The van der Waals surface area contributed by atoms with Gasteiger partial charge in [-0.05, 0) is 38.4 Å². The van der Waals surface area contributed by atoms with Crippen molar-refractivity contribution in [3.63, 3.8) is 0 Å². The molecule has 10 heteroatoms. The van der Waals surface area contributed by atoms with Gasteiger partial charge in [-0.3, -0.25) is 9.48 Å². The van der Waals surface area contributed by atoms with Gasteiger partial charge in [0.1, 0.15) is 0 Å². The quantitative estimate of drug-likeness (QED) is 0.759. The van der Waals surface area contributed by atoms with Crippen molar-refractivity contribution >= 4 is 28.3 Å². The number of hydrogen-bond acceptors (Lipinski definition) is 5. The molecule has 0 saturated carbocycles. The fourth-order valence-corrected chi connectivity index (χ4v) is 4.28. The van der Waals surface area contributed by atoms with Crippen LogP contribution >= 0.6 is 12.4 Å². The second-order valence-electron chi connectivity index (χ2n) is 7.29. The molecule has 1 aromatic rings. The summed E-state index contributed by atoms with van der Waals surface area (Å²) in [6.45, 7) is 5.66. The van der Waals surface area contributed by atoms with Crippen molar-refractivity contribution < 1.29 is 13.2 Å². The number of nitrogens with zero attached hydrogens (tertiary/aromatic N) is 3. The third-order valence-corrected chi connectivity index (χ3v) is 6.43. The first-order chi connectivity index (χ1) is 11.8. The van der Waals surface area contributed by atoms with Gasteiger partial charge in [0.05, 0.1) is 30.7 Å². The van der Waals surface area contributed by atoms with Gasteiger partial charge in [0.15, 0.2) is 0 Å². The number of piperidine rings is 1. The first-order valence-corrected chi connectivity index (χ1v) is 10.6. The summed E-state index contributed by atoms with van der Waals surface area (Å²) in [6.07, 6.45) is 3.64. The van der Waals surface area contributed by atoms with Crippen LogP contribution in [-0.4, -0.2) is 54.3 Å². The molecule has 1 saturated heterocycles. The van der Waals surface area contributed by atoms with E-state index in [1.807, 2.05) is 17.7 Å². The first-order valence-electron chi connectivity index (χ1n) is 8.78. The Balaban J connectivity index is 0.00000243. The lowest BCUT2D eigenvalue weighted by Gasteiger charge is -2.32. The van der Waals surface area contributed by atoms with E-state index in [2.05, 4.69) is 15.7 Å². The number of hydrogen-bond donors (Lipinski definition) is 2. The molecule has 1 fully saturated rings. The summed E-state index contributed by atoms with van der Waals surface area (Å²) in [7, 11) is -3.21. The number of halogens is 1. The fraction of sp³-hybridized carbons (Fsp3) is 0.750. The van der Waals surface area contributed by atoms with Crippen LogP contribution in [-0.2, 0) is 34.5 Å². The SMILES string of the molecule is CC1(C(=O)NCc2cc3n(n2)CCCN(S(C)(=O)=O)C3)CCNCC1.Cl. The van der Waals surface area contributed by atoms with E-state index in [1.54, 1.807) is 0 Å². The van der Waals surface area contributed by atoms with E-state index in [1.165, 1.54) is 10.6 Å². The van der Waals surface area contributed by atoms with Gasteiger partial charge < -0.3 is 10.6 Å². The predicted molar refractivity (Wildman–Crippen MR) is 101 cm³/mol. The van der Waals surface area contributed by atoms with E-state index in [4.69, 9.17) is 0 Å². The molecule has 0 spiro atoms. The van der Waals surface area contributed by atoms with Gasteiger partial charge in [-0.2, -0.15) is 9.40 Å². The Hall–Kier alpha value is -1.16. The Morgan fingerprint density at radius 3 is 2.69 bits per heavy atom.